The Bertz CT molecular complexity index is 591. The molecule has 0 aliphatic carbocycles. The van der Waals surface area contributed by atoms with E-state index in [9.17, 15) is 4.79 Å². The Morgan fingerprint density at radius 1 is 1.24 bits per heavy atom. The molecule has 0 bridgehead atoms. The van der Waals surface area contributed by atoms with Crippen LogP contribution in [-0.4, -0.2) is 29.1 Å². The number of carbonyl (C=O) groups excluding carboxylic acids is 1. The smallest absolute Gasteiger partial charge is 0.282 e. The summed E-state index contributed by atoms with van der Waals surface area (Å²) in [5.41, 5.74) is 5.08. The maximum Gasteiger partial charge on any atom is 0.337 e. The van der Waals surface area contributed by atoms with Crippen LogP contribution in [0.4, 0.5) is 9.93 Å². The summed E-state index contributed by atoms with van der Waals surface area (Å²) >= 11 is 1.44. The molecule has 2 amide bonds. The number of nitrogens with one attached hydrogen (secondary N) is 2. The Labute approximate surface area is 128 Å². The fourth-order valence-electron chi connectivity index (χ4n) is 2.27. The highest BCUT2D eigenvalue weighted by Crippen LogP contribution is 2.24. The number of rotatable bonds is 2. The second-order valence-electron chi connectivity index (χ2n) is 4.95. The molecular weight excluding hydrogens is 284 g/mol. The molecule has 6 heteroatoms. The van der Waals surface area contributed by atoms with Crippen LogP contribution in [0.5, 0.6) is 0 Å². The molecule has 0 unspecified atom stereocenters. The summed E-state index contributed by atoms with van der Waals surface area (Å²) in [5.74, 6) is 0. The van der Waals surface area contributed by atoms with Crippen molar-refractivity contribution in [2.75, 3.05) is 18.4 Å². The van der Waals surface area contributed by atoms with Crippen LogP contribution in [0.3, 0.4) is 0 Å². The zero-order chi connectivity index (χ0) is 14.5. The van der Waals surface area contributed by atoms with Gasteiger partial charge in [0.05, 0.1) is 5.69 Å². The van der Waals surface area contributed by atoms with E-state index in [1.807, 2.05) is 35.7 Å². The quantitative estimate of drug-likeness (QED) is 0.894. The molecule has 1 aromatic carbocycles. The summed E-state index contributed by atoms with van der Waals surface area (Å²) < 4.78 is 0. The molecule has 0 atom stereocenters. The van der Waals surface area contributed by atoms with Gasteiger partial charge in [-0.15, -0.1) is 11.3 Å². The monoisotopic (exact) mass is 302 g/mol. The van der Waals surface area contributed by atoms with Gasteiger partial charge in [0.1, 0.15) is 0 Å². The van der Waals surface area contributed by atoms with Gasteiger partial charge in [-0.1, -0.05) is 36.8 Å². The van der Waals surface area contributed by atoms with Gasteiger partial charge in [-0.05, 0) is 12.8 Å². The van der Waals surface area contributed by atoms with E-state index in [2.05, 4.69) is 15.7 Å². The van der Waals surface area contributed by atoms with Crippen LogP contribution in [0, 0.1) is 0 Å². The molecule has 1 aliphatic heterocycles. The second kappa shape index (κ2) is 6.69. The van der Waals surface area contributed by atoms with Crippen molar-refractivity contribution in [3.05, 3.63) is 35.7 Å². The fraction of sp³-hybridized carbons (Fsp3) is 0.333. The van der Waals surface area contributed by atoms with E-state index in [1.54, 1.807) is 5.01 Å². The van der Waals surface area contributed by atoms with Gasteiger partial charge < -0.3 is 0 Å². The lowest BCUT2D eigenvalue weighted by Gasteiger charge is -2.20. The topological polar surface area (TPSA) is 57.3 Å². The van der Waals surface area contributed by atoms with E-state index in [0.29, 0.717) is 5.13 Å². The lowest BCUT2D eigenvalue weighted by molar-refractivity contribution is 0.189. The normalized spacial score (nSPS) is 15.5. The highest BCUT2D eigenvalue weighted by Gasteiger charge is 2.16. The molecule has 110 valence electrons. The number of anilines is 1. The molecule has 3 rings (SSSR count). The van der Waals surface area contributed by atoms with Gasteiger partial charge in [0, 0.05) is 24.0 Å². The van der Waals surface area contributed by atoms with Crippen LogP contribution < -0.4 is 10.7 Å². The van der Waals surface area contributed by atoms with E-state index < -0.39 is 0 Å². The first-order valence-corrected chi connectivity index (χ1v) is 8.04. The SMILES string of the molecule is O=C(Nc1nc(-c2ccccc2)cs1)N1CCCCCN1. The van der Waals surface area contributed by atoms with Crippen molar-refractivity contribution >= 4 is 22.5 Å². The van der Waals surface area contributed by atoms with Crippen LogP contribution in [0.25, 0.3) is 11.3 Å². The minimum Gasteiger partial charge on any atom is -0.282 e. The van der Waals surface area contributed by atoms with Crippen LogP contribution >= 0.6 is 11.3 Å². The van der Waals surface area contributed by atoms with Crippen LogP contribution in [0.1, 0.15) is 19.3 Å². The van der Waals surface area contributed by atoms with Crippen molar-refractivity contribution in [3.8, 4) is 11.3 Å². The first-order valence-electron chi connectivity index (χ1n) is 7.16. The summed E-state index contributed by atoms with van der Waals surface area (Å²) in [7, 11) is 0. The van der Waals surface area contributed by atoms with Gasteiger partial charge in [-0.2, -0.15) is 0 Å². The summed E-state index contributed by atoms with van der Waals surface area (Å²) in [5, 5.41) is 7.10. The van der Waals surface area contributed by atoms with Crippen molar-refractivity contribution in [1.82, 2.24) is 15.4 Å². The van der Waals surface area contributed by atoms with E-state index in [4.69, 9.17) is 0 Å². The fourth-order valence-corrected chi connectivity index (χ4v) is 2.98. The van der Waals surface area contributed by atoms with E-state index in [0.717, 1.165) is 43.6 Å². The molecule has 1 aliphatic rings. The third-order valence-corrected chi connectivity index (χ3v) is 4.15. The number of carbonyl (C=O) groups is 1. The average Bonchev–Trinajstić information content (AvgIpc) is 2.81. The molecule has 0 radical (unpaired) electrons. The lowest BCUT2D eigenvalue weighted by Crippen LogP contribution is -2.44. The molecule has 2 N–H and O–H groups in total. The largest absolute Gasteiger partial charge is 0.337 e. The van der Waals surface area contributed by atoms with Crippen LogP contribution in [0.15, 0.2) is 35.7 Å². The number of thiazole rings is 1. The Kier molecular flexibility index (Phi) is 4.47. The number of aromatic nitrogens is 1. The Hall–Kier alpha value is -1.92. The molecular formula is C15H18N4OS. The van der Waals surface area contributed by atoms with Gasteiger partial charge in [0.25, 0.3) is 0 Å². The number of hydrogen-bond donors (Lipinski definition) is 2. The molecule has 2 heterocycles. The maximum atomic E-state index is 12.2. The van der Waals surface area contributed by atoms with Crippen molar-refractivity contribution < 1.29 is 4.79 Å². The van der Waals surface area contributed by atoms with E-state index >= 15 is 0 Å². The maximum absolute atomic E-state index is 12.2. The lowest BCUT2D eigenvalue weighted by atomic mass is 10.2. The molecule has 1 saturated heterocycles. The summed E-state index contributed by atoms with van der Waals surface area (Å²) in [6, 6.07) is 9.82. The Balaban J connectivity index is 1.65. The highest BCUT2D eigenvalue weighted by atomic mass is 32.1. The standard InChI is InChI=1S/C15H18N4OS/c20-15(19-10-6-2-5-9-16-19)18-14-17-13(11-21-14)12-7-3-1-4-8-12/h1,3-4,7-8,11,16H,2,5-6,9-10H2,(H,17,18,20). The molecule has 1 fully saturated rings. The van der Waals surface area contributed by atoms with Crippen molar-refractivity contribution in [1.29, 1.82) is 0 Å². The number of hydrazine groups is 1. The summed E-state index contributed by atoms with van der Waals surface area (Å²) in [6.45, 7) is 1.59. The molecule has 21 heavy (non-hydrogen) atoms. The molecule has 2 aromatic rings. The van der Waals surface area contributed by atoms with Gasteiger partial charge >= 0.3 is 6.03 Å². The summed E-state index contributed by atoms with van der Waals surface area (Å²) in [4.78, 5) is 16.7. The predicted molar refractivity (Wildman–Crippen MR) is 85.1 cm³/mol. The minimum absolute atomic E-state index is 0.133. The van der Waals surface area contributed by atoms with Crippen molar-refractivity contribution in [2.24, 2.45) is 0 Å². The molecule has 0 saturated carbocycles. The van der Waals surface area contributed by atoms with Gasteiger partial charge in [-0.25, -0.2) is 15.2 Å². The first kappa shape index (κ1) is 14.0. The zero-order valence-corrected chi connectivity index (χ0v) is 12.5. The number of benzene rings is 1. The van der Waals surface area contributed by atoms with Crippen molar-refractivity contribution in [2.45, 2.75) is 19.3 Å². The molecule has 0 spiro atoms. The van der Waals surface area contributed by atoms with Crippen molar-refractivity contribution in [3.63, 3.8) is 0 Å². The van der Waals surface area contributed by atoms with Crippen LogP contribution in [-0.2, 0) is 0 Å². The first-order chi connectivity index (χ1) is 10.3. The summed E-state index contributed by atoms with van der Waals surface area (Å²) in [6.07, 6.45) is 3.30. The zero-order valence-electron chi connectivity index (χ0n) is 11.7. The highest BCUT2D eigenvalue weighted by molar-refractivity contribution is 7.14. The number of amides is 2. The second-order valence-corrected chi connectivity index (χ2v) is 5.81. The molecule has 5 nitrogen and oxygen atoms in total. The van der Waals surface area contributed by atoms with Gasteiger partial charge in [0.2, 0.25) is 0 Å². The number of nitrogens with zero attached hydrogens (tertiary/aromatic N) is 2. The average molecular weight is 302 g/mol. The van der Waals surface area contributed by atoms with E-state index in [-0.39, 0.29) is 6.03 Å². The number of hydrogen-bond acceptors (Lipinski definition) is 4. The number of urea groups is 1. The Morgan fingerprint density at radius 2 is 2.10 bits per heavy atom. The van der Waals surface area contributed by atoms with Crippen LogP contribution in [0.2, 0.25) is 0 Å². The van der Waals surface area contributed by atoms with E-state index in [1.165, 1.54) is 11.3 Å². The molecule has 1 aromatic heterocycles. The third kappa shape index (κ3) is 3.59. The van der Waals surface area contributed by atoms with Gasteiger partial charge in [-0.3, -0.25) is 10.3 Å². The minimum atomic E-state index is -0.133. The van der Waals surface area contributed by atoms with Gasteiger partial charge in [0.15, 0.2) is 5.13 Å². The third-order valence-electron chi connectivity index (χ3n) is 3.39. The Morgan fingerprint density at radius 3 is 2.95 bits per heavy atom. The predicted octanol–water partition coefficient (Wildman–Crippen LogP) is 3.33.